The van der Waals surface area contributed by atoms with Crippen LogP contribution in [0.3, 0.4) is 0 Å². The minimum atomic E-state index is -0.672. The zero-order valence-corrected chi connectivity index (χ0v) is 16.1. The lowest BCUT2D eigenvalue weighted by Crippen LogP contribution is -2.14. The van der Waals surface area contributed by atoms with Crippen molar-refractivity contribution in [2.75, 3.05) is 14.2 Å². The van der Waals surface area contributed by atoms with Gasteiger partial charge in [-0.1, -0.05) is 6.07 Å². The van der Waals surface area contributed by atoms with E-state index in [9.17, 15) is 13.6 Å². The van der Waals surface area contributed by atoms with Gasteiger partial charge < -0.3 is 14.5 Å². The first-order chi connectivity index (χ1) is 14.5. The second-order valence-corrected chi connectivity index (χ2v) is 6.47. The third kappa shape index (κ3) is 3.82. The van der Waals surface area contributed by atoms with Crippen molar-refractivity contribution >= 4 is 11.0 Å². The summed E-state index contributed by atoms with van der Waals surface area (Å²) in [7, 11) is 2.90. The fraction of sp³-hybridized carbons (Fsp3) is 0.143. The van der Waals surface area contributed by atoms with Crippen LogP contribution in [0.1, 0.15) is 11.4 Å². The number of nitrogens with one attached hydrogen (secondary N) is 1. The Morgan fingerprint density at radius 3 is 2.40 bits per heavy atom. The highest BCUT2D eigenvalue weighted by atomic mass is 19.1. The normalized spacial score (nSPS) is 10.9. The molecule has 0 fully saturated rings. The van der Waals surface area contributed by atoms with Crippen molar-refractivity contribution in [3.63, 3.8) is 0 Å². The van der Waals surface area contributed by atoms with Gasteiger partial charge in [0, 0.05) is 30.3 Å². The van der Waals surface area contributed by atoms with Gasteiger partial charge in [0.2, 0.25) is 0 Å². The molecule has 3 heterocycles. The molecule has 1 aromatic carbocycles. The maximum atomic E-state index is 13.4. The Kier molecular flexibility index (Phi) is 5.09. The van der Waals surface area contributed by atoms with Gasteiger partial charge in [0.05, 0.1) is 19.9 Å². The Bertz CT molecular complexity index is 1270. The number of fused-ring (bicyclic) bond motifs is 1. The molecule has 0 amide bonds. The maximum Gasteiger partial charge on any atom is 0.277 e. The van der Waals surface area contributed by atoms with E-state index in [1.54, 1.807) is 24.4 Å². The average molecular weight is 410 g/mol. The first-order valence-electron chi connectivity index (χ1n) is 8.90. The van der Waals surface area contributed by atoms with E-state index in [-0.39, 0.29) is 11.4 Å². The monoisotopic (exact) mass is 410 g/mol. The van der Waals surface area contributed by atoms with Gasteiger partial charge in [0.1, 0.15) is 23.0 Å². The standard InChI is InChI=1S/C21H16F2N4O3/c1-29-17-9-16-19(27-21(17)30-2)20(28)26-18(25-16)5-11-3-4-15(24-10-11)12-6-13(22)8-14(23)7-12/h3-4,6-10H,5H2,1-2H3,(H,25,26,28). The summed E-state index contributed by atoms with van der Waals surface area (Å²) < 4.78 is 37.2. The Morgan fingerprint density at radius 2 is 1.77 bits per heavy atom. The number of pyridine rings is 2. The molecule has 0 bridgehead atoms. The summed E-state index contributed by atoms with van der Waals surface area (Å²) in [6.07, 6.45) is 1.86. The molecule has 0 saturated carbocycles. The fourth-order valence-electron chi connectivity index (χ4n) is 3.06. The summed E-state index contributed by atoms with van der Waals surface area (Å²) >= 11 is 0. The van der Waals surface area contributed by atoms with E-state index in [1.807, 2.05) is 0 Å². The fourth-order valence-corrected chi connectivity index (χ4v) is 3.06. The van der Waals surface area contributed by atoms with Gasteiger partial charge >= 0.3 is 0 Å². The Morgan fingerprint density at radius 1 is 1.00 bits per heavy atom. The minimum absolute atomic E-state index is 0.137. The van der Waals surface area contributed by atoms with Crippen LogP contribution in [0.25, 0.3) is 22.3 Å². The lowest BCUT2D eigenvalue weighted by atomic mass is 10.1. The number of aromatic amines is 1. The zero-order chi connectivity index (χ0) is 21.3. The highest BCUT2D eigenvalue weighted by molar-refractivity contribution is 5.76. The molecule has 4 aromatic rings. The number of methoxy groups -OCH3 is 2. The Labute approximate surface area is 169 Å². The molecule has 0 radical (unpaired) electrons. The largest absolute Gasteiger partial charge is 0.491 e. The SMILES string of the molecule is COc1cc2nc(Cc3ccc(-c4cc(F)cc(F)c4)nc3)[nH]c(=O)c2nc1OC. The molecule has 0 spiro atoms. The minimum Gasteiger partial charge on any atom is -0.491 e. The molecule has 0 aliphatic heterocycles. The Hall–Kier alpha value is -3.88. The number of halogens is 2. The van der Waals surface area contributed by atoms with Crippen LogP contribution in [0.15, 0.2) is 47.4 Å². The van der Waals surface area contributed by atoms with Gasteiger partial charge in [-0.2, -0.15) is 0 Å². The molecule has 0 saturated heterocycles. The van der Waals surface area contributed by atoms with E-state index in [2.05, 4.69) is 19.9 Å². The van der Waals surface area contributed by atoms with Gasteiger partial charge in [-0.15, -0.1) is 0 Å². The van der Waals surface area contributed by atoms with Crippen LogP contribution in [-0.4, -0.2) is 34.2 Å². The van der Waals surface area contributed by atoms with Crippen LogP contribution in [-0.2, 0) is 6.42 Å². The number of nitrogens with zero attached hydrogens (tertiary/aromatic N) is 3. The highest BCUT2D eigenvalue weighted by Gasteiger charge is 2.13. The van der Waals surface area contributed by atoms with Crippen molar-refractivity contribution in [3.8, 4) is 22.9 Å². The van der Waals surface area contributed by atoms with E-state index >= 15 is 0 Å². The van der Waals surface area contributed by atoms with Crippen LogP contribution < -0.4 is 15.0 Å². The number of hydrogen-bond donors (Lipinski definition) is 1. The summed E-state index contributed by atoms with van der Waals surface area (Å²) in [6, 6.07) is 8.21. The number of aromatic nitrogens is 4. The molecule has 4 rings (SSSR count). The van der Waals surface area contributed by atoms with Gasteiger partial charge in [0.25, 0.3) is 11.4 Å². The summed E-state index contributed by atoms with van der Waals surface area (Å²) in [6.45, 7) is 0. The molecule has 30 heavy (non-hydrogen) atoms. The maximum absolute atomic E-state index is 13.4. The van der Waals surface area contributed by atoms with Crippen molar-refractivity contribution < 1.29 is 18.3 Å². The first kappa shape index (κ1) is 19.4. The third-order valence-electron chi connectivity index (χ3n) is 4.43. The summed E-state index contributed by atoms with van der Waals surface area (Å²) in [5.41, 5.74) is 1.62. The van der Waals surface area contributed by atoms with E-state index in [0.29, 0.717) is 34.8 Å². The number of rotatable bonds is 5. The molecule has 152 valence electrons. The Balaban J connectivity index is 1.64. The van der Waals surface area contributed by atoms with Crippen LogP contribution >= 0.6 is 0 Å². The van der Waals surface area contributed by atoms with Crippen LogP contribution in [0.4, 0.5) is 8.78 Å². The van der Waals surface area contributed by atoms with E-state index < -0.39 is 17.2 Å². The number of H-pyrrole nitrogens is 1. The first-order valence-corrected chi connectivity index (χ1v) is 8.90. The molecule has 0 unspecified atom stereocenters. The van der Waals surface area contributed by atoms with Crippen molar-refractivity contribution in [1.82, 2.24) is 19.9 Å². The quantitative estimate of drug-likeness (QED) is 0.543. The topological polar surface area (TPSA) is 90.0 Å². The van der Waals surface area contributed by atoms with Crippen molar-refractivity contribution in [1.29, 1.82) is 0 Å². The second kappa shape index (κ2) is 7.86. The van der Waals surface area contributed by atoms with Crippen molar-refractivity contribution in [3.05, 3.63) is 76.0 Å². The van der Waals surface area contributed by atoms with Crippen LogP contribution in [0.2, 0.25) is 0 Å². The van der Waals surface area contributed by atoms with Gasteiger partial charge in [-0.05, 0) is 23.8 Å². The highest BCUT2D eigenvalue weighted by Crippen LogP contribution is 2.26. The molecular weight excluding hydrogens is 394 g/mol. The molecule has 7 nitrogen and oxygen atoms in total. The average Bonchev–Trinajstić information content (AvgIpc) is 2.72. The molecular formula is C21H16F2N4O3. The summed E-state index contributed by atoms with van der Waals surface area (Å²) in [5.74, 6) is -0.377. The van der Waals surface area contributed by atoms with Gasteiger partial charge in [-0.3, -0.25) is 9.78 Å². The predicted molar refractivity (Wildman–Crippen MR) is 106 cm³/mol. The second-order valence-electron chi connectivity index (χ2n) is 6.47. The predicted octanol–water partition coefficient (Wildman–Crippen LogP) is 3.27. The lowest BCUT2D eigenvalue weighted by molar-refractivity contribution is 0.344. The third-order valence-corrected chi connectivity index (χ3v) is 4.43. The molecule has 3 aromatic heterocycles. The lowest BCUT2D eigenvalue weighted by Gasteiger charge is -2.08. The molecule has 0 aliphatic rings. The van der Waals surface area contributed by atoms with E-state index in [1.165, 1.54) is 26.4 Å². The summed E-state index contributed by atoms with van der Waals surface area (Å²) in [5, 5.41) is 0. The number of hydrogen-bond acceptors (Lipinski definition) is 6. The van der Waals surface area contributed by atoms with E-state index in [0.717, 1.165) is 11.6 Å². The van der Waals surface area contributed by atoms with Gasteiger partial charge in [-0.25, -0.2) is 18.7 Å². The number of benzene rings is 1. The van der Waals surface area contributed by atoms with E-state index in [4.69, 9.17) is 9.47 Å². The molecule has 9 heteroatoms. The number of ether oxygens (including phenoxy) is 2. The van der Waals surface area contributed by atoms with Crippen molar-refractivity contribution in [2.45, 2.75) is 6.42 Å². The molecule has 0 atom stereocenters. The van der Waals surface area contributed by atoms with Crippen molar-refractivity contribution in [2.24, 2.45) is 0 Å². The van der Waals surface area contributed by atoms with Gasteiger partial charge in [0.15, 0.2) is 11.3 Å². The van der Waals surface area contributed by atoms with Crippen LogP contribution in [0.5, 0.6) is 11.6 Å². The smallest absolute Gasteiger partial charge is 0.277 e. The molecule has 0 aliphatic carbocycles. The summed E-state index contributed by atoms with van der Waals surface area (Å²) in [4.78, 5) is 28.0. The zero-order valence-electron chi connectivity index (χ0n) is 16.1. The molecule has 1 N–H and O–H groups in total. The van der Waals surface area contributed by atoms with Crippen LogP contribution in [0, 0.1) is 11.6 Å².